The largest absolute Gasteiger partial charge is 0.501 e. The first-order valence-corrected chi connectivity index (χ1v) is 10.2. The van der Waals surface area contributed by atoms with Crippen LogP contribution in [-0.4, -0.2) is 46.4 Å². The molecule has 2 N–H and O–H groups in total. The van der Waals surface area contributed by atoms with E-state index >= 15 is 0 Å². The molecule has 3 heterocycles. The van der Waals surface area contributed by atoms with Gasteiger partial charge in [0.15, 0.2) is 5.69 Å². The number of para-hydroxylation sites is 1. The average Bonchev–Trinajstić information content (AvgIpc) is 3.18. The van der Waals surface area contributed by atoms with Crippen LogP contribution < -0.4 is 15.8 Å². The van der Waals surface area contributed by atoms with Crippen molar-refractivity contribution in [1.29, 1.82) is 0 Å². The summed E-state index contributed by atoms with van der Waals surface area (Å²) in [4.78, 5) is 43.4. The first-order chi connectivity index (χ1) is 15.0. The topological polar surface area (TPSA) is 123 Å². The van der Waals surface area contributed by atoms with Gasteiger partial charge in [0.2, 0.25) is 5.75 Å². The summed E-state index contributed by atoms with van der Waals surface area (Å²) < 4.78 is 12.5. The van der Waals surface area contributed by atoms with E-state index in [1.165, 1.54) is 9.47 Å². The number of anilines is 1. The second-order valence-electron chi connectivity index (χ2n) is 7.90. The normalized spacial score (nSPS) is 19.2. The van der Waals surface area contributed by atoms with E-state index in [2.05, 4.69) is 10.3 Å². The highest BCUT2D eigenvalue weighted by Gasteiger charge is 2.46. The van der Waals surface area contributed by atoms with E-state index in [4.69, 9.17) is 9.47 Å². The fourth-order valence-electron chi connectivity index (χ4n) is 4.28. The maximum absolute atomic E-state index is 12.9. The van der Waals surface area contributed by atoms with Gasteiger partial charge in [-0.3, -0.25) is 23.9 Å². The Morgan fingerprint density at radius 1 is 1.26 bits per heavy atom. The third-order valence-corrected chi connectivity index (χ3v) is 6.09. The number of amides is 2. The van der Waals surface area contributed by atoms with Gasteiger partial charge >= 0.3 is 0 Å². The quantitative estimate of drug-likeness (QED) is 0.734. The average molecular weight is 426 g/mol. The molecule has 1 aliphatic carbocycles. The number of hydrogen-bond acceptors (Lipinski definition) is 7. The minimum Gasteiger partial charge on any atom is -0.501 e. The maximum Gasteiger partial charge on any atom is 0.296 e. The van der Waals surface area contributed by atoms with Crippen LogP contribution in [0.5, 0.6) is 5.75 Å². The minimum atomic E-state index is -0.672. The number of aromatic hydroxyl groups is 1. The van der Waals surface area contributed by atoms with E-state index in [0.29, 0.717) is 23.7 Å². The molecule has 3 aliphatic rings. The van der Waals surface area contributed by atoms with Crippen molar-refractivity contribution in [2.75, 3.05) is 24.8 Å². The molecule has 10 nitrogen and oxygen atoms in total. The molecule has 10 heteroatoms. The molecule has 31 heavy (non-hydrogen) atoms. The SMILES string of the molecule is O=C(NCc1ccccc1N1COCC1=O)c1nc2n(c(=O)c1O)CCOC21CCC1. The molecule has 0 bridgehead atoms. The van der Waals surface area contributed by atoms with E-state index in [0.717, 1.165) is 19.3 Å². The lowest BCUT2D eigenvalue weighted by atomic mass is 9.78. The van der Waals surface area contributed by atoms with Crippen LogP contribution in [0.3, 0.4) is 0 Å². The summed E-state index contributed by atoms with van der Waals surface area (Å²) in [5.41, 5.74) is -0.267. The Labute approximate surface area is 177 Å². The second-order valence-corrected chi connectivity index (χ2v) is 7.90. The van der Waals surface area contributed by atoms with Crippen LogP contribution in [0.15, 0.2) is 29.1 Å². The number of hydrogen-bond donors (Lipinski definition) is 2. The van der Waals surface area contributed by atoms with Crippen LogP contribution in [0.2, 0.25) is 0 Å². The predicted molar refractivity (Wildman–Crippen MR) is 108 cm³/mol. The molecule has 2 aliphatic heterocycles. The number of aromatic nitrogens is 2. The standard InChI is InChI=1S/C21H22N4O6/c26-15-11-30-12-25(15)14-5-2-1-4-13(14)10-22-18(28)16-17(27)19(29)24-8-9-31-21(6-3-7-21)20(24)23-16/h1-2,4-5,27H,3,6-12H2,(H,22,28). The number of nitrogens with zero attached hydrogens (tertiary/aromatic N) is 3. The summed E-state index contributed by atoms with van der Waals surface area (Å²) >= 11 is 0. The molecule has 1 spiro atoms. The van der Waals surface area contributed by atoms with Crippen molar-refractivity contribution >= 4 is 17.5 Å². The van der Waals surface area contributed by atoms with Gasteiger partial charge in [0.25, 0.3) is 17.4 Å². The smallest absolute Gasteiger partial charge is 0.296 e. The Hall–Kier alpha value is -3.24. The molecule has 2 fully saturated rings. The van der Waals surface area contributed by atoms with Crippen molar-refractivity contribution in [2.24, 2.45) is 0 Å². The number of nitrogens with one attached hydrogen (secondary N) is 1. The molecule has 1 aromatic carbocycles. The zero-order chi connectivity index (χ0) is 21.6. The number of carbonyl (C=O) groups is 2. The van der Waals surface area contributed by atoms with Crippen LogP contribution in [0.4, 0.5) is 5.69 Å². The molecule has 1 saturated heterocycles. The summed E-state index contributed by atoms with van der Waals surface area (Å²) in [6.07, 6.45) is 2.41. The zero-order valence-corrected chi connectivity index (χ0v) is 16.8. The first kappa shape index (κ1) is 19.7. The molecule has 1 aromatic heterocycles. The van der Waals surface area contributed by atoms with Crippen molar-refractivity contribution in [3.05, 3.63) is 51.7 Å². The van der Waals surface area contributed by atoms with Gasteiger partial charge in [-0.2, -0.15) is 0 Å². The van der Waals surface area contributed by atoms with E-state index in [1.807, 2.05) is 0 Å². The monoisotopic (exact) mass is 426 g/mol. The molecule has 162 valence electrons. The minimum absolute atomic E-state index is 0.0153. The van der Waals surface area contributed by atoms with Gasteiger partial charge in [0.05, 0.1) is 18.8 Å². The number of ether oxygens (including phenoxy) is 2. The lowest BCUT2D eigenvalue weighted by molar-refractivity contribution is -0.134. The maximum atomic E-state index is 12.9. The molecule has 2 amide bonds. The molecule has 0 unspecified atom stereocenters. The van der Waals surface area contributed by atoms with Gasteiger partial charge in [-0.25, -0.2) is 4.98 Å². The van der Waals surface area contributed by atoms with Crippen molar-refractivity contribution in [3.8, 4) is 5.75 Å². The van der Waals surface area contributed by atoms with Crippen LogP contribution >= 0.6 is 0 Å². The molecule has 0 atom stereocenters. The third kappa shape index (κ3) is 3.19. The van der Waals surface area contributed by atoms with Crippen molar-refractivity contribution in [1.82, 2.24) is 14.9 Å². The van der Waals surface area contributed by atoms with Crippen LogP contribution in [0, 0.1) is 0 Å². The Morgan fingerprint density at radius 2 is 2.06 bits per heavy atom. The fraction of sp³-hybridized carbons (Fsp3) is 0.429. The lowest BCUT2D eigenvalue weighted by Crippen LogP contribution is -2.49. The highest BCUT2D eigenvalue weighted by molar-refractivity contribution is 5.97. The van der Waals surface area contributed by atoms with Gasteiger partial charge in [-0.1, -0.05) is 18.2 Å². The van der Waals surface area contributed by atoms with Crippen molar-refractivity contribution in [2.45, 2.75) is 38.0 Å². The number of rotatable bonds is 4. The summed E-state index contributed by atoms with van der Waals surface area (Å²) in [5.74, 6) is -1.10. The van der Waals surface area contributed by atoms with Crippen LogP contribution in [0.25, 0.3) is 0 Å². The third-order valence-electron chi connectivity index (χ3n) is 6.09. The van der Waals surface area contributed by atoms with E-state index in [-0.39, 0.29) is 38.0 Å². The molecule has 1 saturated carbocycles. The van der Waals surface area contributed by atoms with Gasteiger partial charge in [-0.05, 0) is 30.9 Å². The van der Waals surface area contributed by atoms with E-state index in [1.54, 1.807) is 24.3 Å². The Kier molecular flexibility index (Phi) is 4.75. The Morgan fingerprint density at radius 3 is 2.77 bits per heavy atom. The zero-order valence-electron chi connectivity index (χ0n) is 16.8. The predicted octanol–water partition coefficient (Wildman–Crippen LogP) is 0.609. The molecular weight excluding hydrogens is 404 g/mol. The molecule has 5 rings (SSSR count). The number of benzene rings is 1. The Bertz CT molecular complexity index is 1120. The van der Waals surface area contributed by atoms with Crippen molar-refractivity contribution < 1.29 is 24.2 Å². The number of carbonyl (C=O) groups excluding carboxylic acids is 2. The highest BCUT2D eigenvalue weighted by Crippen LogP contribution is 2.45. The first-order valence-electron chi connectivity index (χ1n) is 10.2. The van der Waals surface area contributed by atoms with E-state index in [9.17, 15) is 19.5 Å². The molecule has 2 aromatic rings. The summed E-state index contributed by atoms with van der Waals surface area (Å²) in [6, 6.07) is 7.15. The van der Waals surface area contributed by atoms with E-state index < -0.39 is 22.8 Å². The van der Waals surface area contributed by atoms with Gasteiger partial charge < -0.3 is 19.9 Å². The summed E-state index contributed by atoms with van der Waals surface area (Å²) in [6.45, 7) is 0.907. The van der Waals surface area contributed by atoms with Gasteiger partial charge in [0, 0.05) is 6.54 Å². The fourth-order valence-corrected chi connectivity index (χ4v) is 4.28. The Balaban J connectivity index is 1.41. The molecule has 0 radical (unpaired) electrons. The lowest BCUT2D eigenvalue weighted by Gasteiger charge is -2.44. The summed E-state index contributed by atoms with van der Waals surface area (Å²) in [5, 5.41) is 13.1. The van der Waals surface area contributed by atoms with Crippen LogP contribution in [-0.2, 0) is 33.0 Å². The van der Waals surface area contributed by atoms with Crippen LogP contribution in [0.1, 0.15) is 41.1 Å². The summed E-state index contributed by atoms with van der Waals surface area (Å²) in [7, 11) is 0. The van der Waals surface area contributed by atoms with Gasteiger partial charge in [-0.15, -0.1) is 0 Å². The second kappa shape index (κ2) is 7.47. The number of fused-ring (bicyclic) bond motifs is 2. The van der Waals surface area contributed by atoms with Crippen molar-refractivity contribution in [3.63, 3.8) is 0 Å². The highest BCUT2D eigenvalue weighted by atomic mass is 16.5. The van der Waals surface area contributed by atoms with Gasteiger partial charge in [0.1, 0.15) is 24.8 Å². The molecular formula is C21H22N4O6.